The normalized spacial score (nSPS) is 11.9. The van der Waals surface area contributed by atoms with Crippen molar-refractivity contribution in [2.45, 2.75) is 13.1 Å². The van der Waals surface area contributed by atoms with Gasteiger partial charge < -0.3 is 0 Å². The number of benzene rings is 1. The molecule has 2 rings (SSSR count). The largest absolute Gasteiger partial charge is 0.435 e. The zero-order valence-corrected chi connectivity index (χ0v) is 11.6. The lowest BCUT2D eigenvalue weighted by Crippen LogP contribution is -2.09. The quantitative estimate of drug-likeness (QED) is 0.532. The van der Waals surface area contributed by atoms with Crippen molar-refractivity contribution in [2.75, 3.05) is 0 Å². The smallest absolute Gasteiger partial charge is 0.232 e. The molecule has 0 saturated carbocycles. The molecule has 0 amide bonds. The van der Waals surface area contributed by atoms with E-state index >= 15 is 0 Å². The van der Waals surface area contributed by atoms with Gasteiger partial charge in [0.1, 0.15) is 5.69 Å². The molecule has 0 aliphatic carbocycles. The molecule has 19 heavy (non-hydrogen) atoms. The van der Waals surface area contributed by atoms with E-state index in [-0.39, 0.29) is 5.69 Å². The number of hydrogen-bond acceptors (Lipinski definition) is 1. The molecule has 8 heteroatoms. The standard InChI is InChI=1S/C11H6F5IN2/c1-5-2-9(11(14,15)16)18-19(5)10-7(12)3-6(17)4-8(10)13/h2-4H,1H3. The Morgan fingerprint density at radius 2 is 1.63 bits per heavy atom. The summed E-state index contributed by atoms with van der Waals surface area (Å²) < 4.78 is 65.8. The van der Waals surface area contributed by atoms with Crippen LogP contribution in [0.3, 0.4) is 0 Å². The maximum atomic E-state index is 13.7. The van der Waals surface area contributed by atoms with Crippen molar-refractivity contribution in [1.82, 2.24) is 9.78 Å². The Labute approximate surface area is 118 Å². The zero-order chi connectivity index (χ0) is 14.4. The summed E-state index contributed by atoms with van der Waals surface area (Å²) in [6, 6.07) is 2.78. The van der Waals surface area contributed by atoms with Gasteiger partial charge in [0.05, 0.1) is 0 Å². The molecular weight excluding hydrogens is 382 g/mol. The van der Waals surface area contributed by atoms with Crippen LogP contribution in [0.4, 0.5) is 22.0 Å². The van der Waals surface area contributed by atoms with Crippen LogP contribution in [-0.2, 0) is 6.18 Å². The summed E-state index contributed by atoms with van der Waals surface area (Å²) in [4.78, 5) is 0. The lowest BCUT2D eigenvalue weighted by Gasteiger charge is -2.08. The highest BCUT2D eigenvalue weighted by Gasteiger charge is 2.35. The van der Waals surface area contributed by atoms with Crippen LogP contribution in [0.2, 0.25) is 0 Å². The van der Waals surface area contributed by atoms with Gasteiger partial charge in [-0.25, -0.2) is 13.5 Å². The van der Waals surface area contributed by atoms with Crippen LogP contribution in [0.5, 0.6) is 0 Å². The number of alkyl halides is 3. The molecule has 1 aromatic heterocycles. The third kappa shape index (κ3) is 2.72. The molecule has 0 spiro atoms. The molecule has 0 fully saturated rings. The van der Waals surface area contributed by atoms with Gasteiger partial charge in [-0.15, -0.1) is 0 Å². The average Bonchev–Trinajstić information content (AvgIpc) is 2.59. The van der Waals surface area contributed by atoms with Crippen LogP contribution in [0, 0.1) is 22.1 Å². The Morgan fingerprint density at radius 1 is 1.11 bits per heavy atom. The van der Waals surface area contributed by atoms with Gasteiger partial charge in [-0.1, -0.05) is 0 Å². The minimum absolute atomic E-state index is 0.00802. The Hall–Kier alpha value is -1.19. The molecule has 1 aromatic carbocycles. The van der Waals surface area contributed by atoms with Gasteiger partial charge in [0.25, 0.3) is 0 Å². The second-order valence-electron chi connectivity index (χ2n) is 3.80. The molecule has 0 radical (unpaired) electrons. The second-order valence-corrected chi connectivity index (χ2v) is 5.04. The summed E-state index contributed by atoms with van der Waals surface area (Å²) in [5, 5.41) is 3.21. The van der Waals surface area contributed by atoms with Gasteiger partial charge >= 0.3 is 6.18 Å². The van der Waals surface area contributed by atoms with E-state index in [1.54, 1.807) is 22.6 Å². The van der Waals surface area contributed by atoms with Crippen molar-refractivity contribution in [3.8, 4) is 5.69 Å². The van der Waals surface area contributed by atoms with E-state index in [1.807, 2.05) is 0 Å². The number of hydrogen-bond donors (Lipinski definition) is 0. The van der Waals surface area contributed by atoms with Crippen LogP contribution >= 0.6 is 22.6 Å². The van der Waals surface area contributed by atoms with Crippen molar-refractivity contribution in [1.29, 1.82) is 0 Å². The Morgan fingerprint density at radius 3 is 2.05 bits per heavy atom. The molecule has 2 nitrogen and oxygen atoms in total. The SMILES string of the molecule is Cc1cc(C(F)(F)F)nn1-c1c(F)cc(I)cc1F. The Bertz CT molecular complexity index is 609. The van der Waals surface area contributed by atoms with E-state index in [0.29, 0.717) is 8.25 Å². The molecule has 0 aliphatic rings. The minimum Gasteiger partial charge on any atom is -0.232 e. The summed E-state index contributed by atoms with van der Waals surface area (Å²) >= 11 is 1.70. The second kappa shape index (κ2) is 4.73. The number of halogens is 6. The van der Waals surface area contributed by atoms with Crippen LogP contribution in [0.1, 0.15) is 11.4 Å². The van der Waals surface area contributed by atoms with Crippen LogP contribution in [0.15, 0.2) is 18.2 Å². The van der Waals surface area contributed by atoms with E-state index in [1.165, 1.54) is 6.92 Å². The fourth-order valence-corrected chi connectivity index (χ4v) is 2.12. The molecule has 2 aromatic rings. The third-order valence-corrected chi connectivity index (χ3v) is 2.99. The fraction of sp³-hybridized carbons (Fsp3) is 0.182. The van der Waals surface area contributed by atoms with Crippen molar-refractivity contribution >= 4 is 22.6 Å². The first-order valence-electron chi connectivity index (χ1n) is 4.99. The van der Waals surface area contributed by atoms with Gasteiger partial charge in [-0.05, 0) is 47.7 Å². The topological polar surface area (TPSA) is 17.8 Å². The van der Waals surface area contributed by atoms with Gasteiger partial charge in [0, 0.05) is 9.26 Å². The van der Waals surface area contributed by atoms with Gasteiger partial charge in [-0.3, -0.25) is 0 Å². The van der Waals surface area contributed by atoms with E-state index in [9.17, 15) is 22.0 Å². The maximum Gasteiger partial charge on any atom is 0.435 e. The van der Waals surface area contributed by atoms with Crippen molar-refractivity contribution in [2.24, 2.45) is 0 Å². The summed E-state index contributed by atoms with van der Waals surface area (Å²) in [7, 11) is 0. The number of aromatic nitrogens is 2. The highest BCUT2D eigenvalue weighted by Crippen LogP contribution is 2.30. The van der Waals surface area contributed by atoms with Gasteiger partial charge in [-0.2, -0.15) is 18.3 Å². The molecule has 0 bridgehead atoms. The monoisotopic (exact) mass is 388 g/mol. The summed E-state index contributed by atoms with van der Waals surface area (Å²) in [6.07, 6.45) is -4.66. The fourth-order valence-electron chi connectivity index (χ4n) is 1.58. The first-order chi connectivity index (χ1) is 8.70. The van der Waals surface area contributed by atoms with E-state index in [4.69, 9.17) is 0 Å². The third-order valence-electron chi connectivity index (χ3n) is 2.37. The zero-order valence-electron chi connectivity index (χ0n) is 9.39. The number of aryl methyl sites for hydroxylation is 1. The molecule has 0 atom stereocenters. The first kappa shape index (κ1) is 14.2. The number of rotatable bonds is 1. The van der Waals surface area contributed by atoms with Crippen molar-refractivity contribution in [3.63, 3.8) is 0 Å². The van der Waals surface area contributed by atoms with Crippen LogP contribution in [-0.4, -0.2) is 9.78 Å². The minimum atomic E-state index is -4.66. The summed E-state index contributed by atoms with van der Waals surface area (Å²) in [5.74, 6) is -1.94. The molecule has 0 saturated heterocycles. The lowest BCUT2D eigenvalue weighted by atomic mass is 10.3. The van der Waals surface area contributed by atoms with Crippen molar-refractivity contribution in [3.05, 3.63) is 44.8 Å². The van der Waals surface area contributed by atoms with E-state index < -0.39 is 29.2 Å². The lowest BCUT2D eigenvalue weighted by molar-refractivity contribution is -0.141. The van der Waals surface area contributed by atoms with E-state index in [0.717, 1.165) is 18.2 Å². The molecule has 0 unspecified atom stereocenters. The maximum absolute atomic E-state index is 13.7. The summed E-state index contributed by atoms with van der Waals surface area (Å²) in [6.45, 7) is 1.29. The van der Waals surface area contributed by atoms with Crippen LogP contribution in [0.25, 0.3) is 5.69 Å². The molecule has 1 heterocycles. The average molecular weight is 388 g/mol. The Balaban J connectivity index is 2.64. The highest BCUT2D eigenvalue weighted by atomic mass is 127. The predicted molar refractivity (Wildman–Crippen MR) is 65.9 cm³/mol. The van der Waals surface area contributed by atoms with Gasteiger partial charge in [0.15, 0.2) is 17.3 Å². The molecule has 0 N–H and O–H groups in total. The van der Waals surface area contributed by atoms with Gasteiger partial charge in [0.2, 0.25) is 0 Å². The predicted octanol–water partition coefficient (Wildman–Crippen LogP) is 4.08. The van der Waals surface area contributed by atoms with Crippen LogP contribution < -0.4 is 0 Å². The molecule has 0 aliphatic heterocycles. The Kier molecular flexibility index (Phi) is 3.54. The molecular formula is C11H6F5IN2. The summed E-state index contributed by atoms with van der Waals surface area (Å²) in [5.41, 5.74) is -1.82. The first-order valence-corrected chi connectivity index (χ1v) is 6.07. The van der Waals surface area contributed by atoms with Crippen molar-refractivity contribution < 1.29 is 22.0 Å². The number of nitrogens with zero attached hydrogens (tertiary/aromatic N) is 2. The highest BCUT2D eigenvalue weighted by molar-refractivity contribution is 14.1. The molecule has 102 valence electrons. The van der Waals surface area contributed by atoms with E-state index in [2.05, 4.69) is 5.10 Å².